The summed E-state index contributed by atoms with van der Waals surface area (Å²) in [5, 5.41) is 0. The lowest BCUT2D eigenvalue weighted by atomic mass is 9.77. The van der Waals surface area contributed by atoms with Crippen LogP contribution in [0.3, 0.4) is 0 Å². The van der Waals surface area contributed by atoms with Gasteiger partial charge in [0, 0.05) is 6.07 Å². The minimum Gasteiger partial charge on any atom is -0.207 e. The van der Waals surface area contributed by atoms with Gasteiger partial charge in [0.05, 0.1) is 0 Å². The summed E-state index contributed by atoms with van der Waals surface area (Å²) >= 11 is 0. The molecule has 0 amide bonds. The van der Waals surface area contributed by atoms with Crippen molar-refractivity contribution in [1.29, 1.82) is 0 Å². The van der Waals surface area contributed by atoms with E-state index in [9.17, 15) is 8.78 Å². The van der Waals surface area contributed by atoms with E-state index in [-0.39, 0.29) is 0 Å². The maximum Gasteiger partial charge on any atom is 0.129 e. The van der Waals surface area contributed by atoms with Gasteiger partial charge in [0.25, 0.3) is 0 Å². The zero-order chi connectivity index (χ0) is 18.8. The highest BCUT2D eigenvalue weighted by Gasteiger charge is 2.22. The summed E-state index contributed by atoms with van der Waals surface area (Å²) in [6.07, 6.45) is 11.2. The first kappa shape index (κ1) is 18.4. The molecule has 0 atom stereocenters. The Hall–Kier alpha value is -1.96. The molecule has 1 fully saturated rings. The second-order valence-corrected chi connectivity index (χ2v) is 8.26. The van der Waals surface area contributed by atoms with Crippen LogP contribution < -0.4 is 0 Å². The van der Waals surface area contributed by atoms with Crippen LogP contribution >= 0.6 is 0 Å². The number of allylic oxidation sites excluding steroid dienone is 2. The van der Waals surface area contributed by atoms with Crippen LogP contribution in [0.5, 0.6) is 0 Å². The van der Waals surface area contributed by atoms with Crippen LogP contribution in [0.1, 0.15) is 73.6 Å². The highest BCUT2D eigenvalue weighted by molar-refractivity contribution is 5.70. The second kappa shape index (κ2) is 7.96. The van der Waals surface area contributed by atoms with Crippen molar-refractivity contribution < 1.29 is 8.78 Å². The Morgan fingerprint density at radius 1 is 0.963 bits per heavy atom. The summed E-state index contributed by atoms with van der Waals surface area (Å²) in [6.45, 7) is 2.28. The van der Waals surface area contributed by atoms with Crippen LogP contribution in [-0.4, -0.2) is 0 Å². The molecular formula is C25H28F2. The lowest BCUT2D eigenvalue weighted by Gasteiger charge is -2.28. The minimum absolute atomic E-state index is 0.422. The van der Waals surface area contributed by atoms with Gasteiger partial charge in [-0.1, -0.05) is 50.1 Å². The van der Waals surface area contributed by atoms with Crippen LogP contribution in [0, 0.1) is 17.6 Å². The fourth-order valence-electron chi connectivity index (χ4n) is 4.93. The highest BCUT2D eigenvalue weighted by atomic mass is 19.1. The Balaban J connectivity index is 1.45. The largest absolute Gasteiger partial charge is 0.207 e. The molecular weight excluding hydrogens is 338 g/mol. The SMILES string of the molecule is CCCC1CCC(c2ccc(C3=CCc4c(F)cc(F)cc4C3)cc2)CC1. The third-order valence-corrected chi connectivity index (χ3v) is 6.48. The van der Waals surface area contributed by atoms with Crippen molar-refractivity contribution in [2.45, 2.75) is 64.2 Å². The summed E-state index contributed by atoms with van der Waals surface area (Å²) in [4.78, 5) is 0. The van der Waals surface area contributed by atoms with Crippen molar-refractivity contribution in [3.8, 4) is 0 Å². The van der Waals surface area contributed by atoms with Gasteiger partial charge in [-0.05, 0) is 84.3 Å². The molecule has 2 aliphatic carbocycles. The van der Waals surface area contributed by atoms with Crippen molar-refractivity contribution >= 4 is 5.57 Å². The standard InChI is InChI=1S/C25H28F2/c1-2-3-17-4-6-18(7-5-17)19-8-10-20(11-9-19)21-12-13-24-22(14-21)15-23(26)16-25(24)27/h8-12,15-18H,2-7,13-14H2,1H3. The third-order valence-electron chi connectivity index (χ3n) is 6.48. The first-order chi connectivity index (χ1) is 13.1. The van der Waals surface area contributed by atoms with Gasteiger partial charge >= 0.3 is 0 Å². The molecule has 0 N–H and O–H groups in total. The summed E-state index contributed by atoms with van der Waals surface area (Å²) in [5.41, 5.74) is 5.21. The molecule has 0 heterocycles. The van der Waals surface area contributed by atoms with Crippen molar-refractivity contribution in [1.82, 2.24) is 0 Å². The van der Waals surface area contributed by atoms with E-state index in [1.165, 1.54) is 61.3 Å². The smallest absolute Gasteiger partial charge is 0.129 e. The number of benzene rings is 2. The summed E-state index contributed by atoms with van der Waals surface area (Å²) in [5.74, 6) is 0.714. The number of hydrogen-bond acceptors (Lipinski definition) is 0. The van der Waals surface area contributed by atoms with Gasteiger partial charge in [0.15, 0.2) is 0 Å². The summed E-state index contributed by atoms with van der Waals surface area (Å²) in [7, 11) is 0. The Labute approximate surface area is 161 Å². The van der Waals surface area contributed by atoms with Gasteiger partial charge < -0.3 is 0 Å². The number of hydrogen-bond donors (Lipinski definition) is 0. The Kier molecular flexibility index (Phi) is 5.43. The average Bonchev–Trinajstić information content (AvgIpc) is 2.68. The van der Waals surface area contributed by atoms with E-state index in [0.717, 1.165) is 17.5 Å². The number of rotatable bonds is 4. The molecule has 2 aromatic rings. The van der Waals surface area contributed by atoms with E-state index < -0.39 is 11.6 Å². The fourth-order valence-corrected chi connectivity index (χ4v) is 4.93. The molecule has 1 saturated carbocycles. The van der Waals surface area contributed by atoms with Gasteiger partial charge in [-0.2, -0.15) is 0 Å². The van der Waals surface area contributed by atoms with E-state index >= 15 is 0 Å². The van der Waals surface area contributed by atoms with E-state index in [4.69, 9.17) is 0 Å². The van der Waals surface area contributed by atoms with Crippen molar-refractivity contribution in [3.05, 3.63) is 76.4 Å². The van der Waals surface area contributed by atoms with E-state index in [0.29, 0.717) is 24.3 Å². The van der Waals surface area contributed by atoms with Crippen LogP contribution in [0.15, 0.2) is 42.5 Å². The van der Waals surface area contributed by atoms with Crippen LogP contribution in [0.4, 0.5) is 8.78 Å². The van der Waals surface area contributed by atoms with Gasteiger partial charge in [-0.15, -0.1) is 0 Å². The Morgan fingerprint density at radius 2 is 1.70 bits per heavy atom. The maximum absolute atomic E-state index is 13.9. The van der Waals surface area contributed by atoms with E-state index in [1.807, 2.05) is 0 Å². The monoisotopic (exact) mass is 366 g/mol. The maximum atomic E-state index is 13.9. The molecule has 0 spiro atoms. The quantitative estimate of drug-likeness (QED) is 0.536. The van der Waals surface area contributed by atoms with E-state index in [2.05, 4.69) is 37.3 Å². The molecule has 4 rings (SSSR count). The van der Waals surface area contributed by atoms with Crippen LogP contribution in [-0.2, 0) is 12.8 Å². The molecule has 0 bridgehead atoms. The second-order valence-electron chi connectivity index (χ2n) is 8.26. The van der Waals surface area contributed by atoms with Crippen molar-refractivity contribution in [2.24, 2.45) is 5.92 Å². The Bertz CT molecular complexity index is 824. The molecule has 0 aliphatic heterocycles. The first-order valence-corrected chi connectivity index (χ1v) is 10.4. The van der Waals surface area contributed by atoms with Crippen molar-refractivity contribution in [2.75, 3.05) is 0 Å². The van der Waals surface area contributed by atoms with Gasteiger partial charge in [0.2, 0.25) is 0 Å². The third kappa shape index (κ3) is 4.00. The Morgan fingerprint density at radius 3 is 2.41 bits per heavy atom. The molecule has 0 nitrogen and oxygen atoms in total. The fraction of sp³-hybridized carbons (Fsp3) is 0.440. The van der Waals surface area contributed by atoms with Crippen LogP contribution in [0.2, 0.25) is 0 Å². The molecule has 0 saturated heterocycles. The van der Waals surface area contributed by atoms with E-state index in [1.54, 1.807) is 0 Å². The molecule has 0 unspecified atom stereocenters. The van der Waals surface area contributed by atoms with Gasteiger partial charge in [-0.25, -0.2) is 8.78 Å². The molecule has 2 aliphatic rings. The van der Waals surface area contributed by atoms with Gasteiger partial charge in [0.1, 0.15) is 11.6 Å². The zero-order valence-corrected chi connectivity index (χ0v) is 16.1. The lowest BCUT2D eigenvalue weighted by Crippen LogP contribution is -2.13. The number of fused-ring (bicyclic) bond motifs is 1. The minimum atomic E-state index is -0.485. The highest BCUT2D eigenvalue weighted by Crippen LogP contribution is 2.38. The molecule has 2 heteroatoms. The molecule has 2 aromatic carbocycles. The molecule has 27 heavy (non-hydrogen) atoms. The van der Waals surface area contributed by atoms with Crippen molar-refractivity contribution in [3.63, 3.8) is 0 Å². The molecule has 142 valence electrons. The lowest BCUT2D eigenvalue weighted by molar-refractivity contribution is 0.308. The predicted octanol–water partition coefficient (Wildman–Crippen LogP) is 7.22. The molecule has 0 radical (unpaired) electrons. The summed E-state index contributed by atoms with van der Waals surface area (Å²) < 4.78 is 27.5. The summed E-state index contributed by atoms with van der Waals surface area (Å²) in [6, 6.07) is 11.4. The normalized spacial score (nSPS) is 22.3. The number of halogens is 2. The topological polar surface area (TPSA) is 0 Å². The predicted molar refractivity (Wildman–Crippen MR) is 108 cm³/mol. The first-order valence-electron chi connectivity index (χ1n) is 10.4. The molecule has 0 aromatic heterocycles. The zero-order valence-electron chi connectivity index (χ0n) is 16.1. The van der Waals surface area contributed by atoms with Crippen LogP contribution in [0.25, 0.3) is 5.57 Å². The average molecular weight is 366 g/mol. The van der Waals surface area contributed by atoms with Gasteiger partial charge in [-0.3, -0.25) is 0 Å².